The van der Waals surface area contributed by atoms with Gasteiger partial charge < -0.3 is 15.4 Å². The molecule has 0 unspecified atom stereocenters. The molecule has 0 saturated carbocycles. The van der Waals surface area contributed by atoms with Gasteiger partial charge in [-0.3, -0.25) is 9.59 Å². The summed E-state index contributed by atoms with van der Waals surface area (Å²) in [7, 11) is 0. The second-order valence-electron chi connectivity index (χ2n) is 7.45. The lowest BCUT2D eigenvalue weighted by Crippen LogP contribution is -2.36. The quantitative estimate of drug-likeness (QED) is 0.650. The van der Waals surface area contributed by atoms with Gasteiger partial charge in [0.15, 0.2) is 6.61 Å². The minimum absolute atomic E-state index is 0.107. The maximum absolute atomic E-state index is 12.9. The van der Waals surface area contributed by atoms with Crippen LogP contribution in [0.15, 0.2) is 66.7 Å². The Kier molecular flexibility index (Phi) is 6.13. The molecule has 5 heteroatoms. The van der Waals surface area contributed by atoms with Crippen LogP contribution in [0.25, 0.3) is 12.2 Å². The highest BCUT2D eigenvalue weighted by molar-refractivity contribution is 6.04. The normalized spacial score (nSPS) is 12.0. The van der Waals surface area contributed by atoms with E-state index < -0.39 is 0 Å². The summed E-state index contributed by atoms with van der Waals surface area (Å²) < 4.78 is 5.81. The van der Waals surface area contributed by atoms with E-state index in [0.29, 0.717) is 11.3 Å². The third-order valence-corrected chi connectivity index (χ3v) is 5.05. The van der Waals surface area contributed by atoms with Crippen molar-refractivity contribution in [1.82, 2.24) is 0 Å². The van der Waals surface area contributed by atoms with E-state index in [9.17, 15) is 9.59 Å². The molecule has 0 atom stereocenters. The molecule has 1 aliphatic carbocycles. The molecule has 0 fully saturated rings. The summed E-state index contributed by atoms with van der Waals surface area (Å²) in [5.41, 5.74) is 3.16. The van der Waals surface area contributed by atoms with Gasteiger partial charge in [-0.1, -0.05) is 42.5 Å². The molecular weight excluding hydrogens is 388 g/mol. The van der Waals surface area contributed by atoms with Crippen LogP contribution in [0.2, 0.25) is 0 Å². The summed E-state index contributed by atoms with van der Waals surface area (Å²) in [6.45, 7) is 1.88. The number of nitrogens with one attached hydrogen (secondary N) is 2. The van der Waals surface area contributed by atoms with Crippen LogP contribution >= 0.6 is 0 Å². The van der Waals surface area contributed by atoms with Gasteiger partial charge in [-0.2, -0.15) is 0 Å². The van der Waals surface area contributed by atoms with Gasteiger partial charge in [0.2, 0.25) is 0 Å². The molecule has 0 radical (unpaired) electrons. The minimum Gasteiger partial charge on any atom is -0.483 e. The number of fused-ring (bicyclic) bond motifs is 1. The summed E-state index contributed by atoms with van der Waals surface area (Å²) >= 11 is 0. The van der Waals surface area contributed by atoms with Gasteiger partial charge >= 0.3 is 0 Å². The number of aryl methyl sites for hydroxylation is 1. The van der Waals surface area contributed by atoms with Gasteiger partial charge in [-0.25, -0.2) is 0 Å². The average Bonchev–Trinajstić information content (AvgIpc) is 2.78. The number of benzene rings is 3. The highest BCUT2D eigenvalue weighted by atomic mass is 16.5. The Hall–Kier alpha value is -3.86. The molecule has 31 heavy (non-hydrogen) atoms. The minimum atomic E-state index is -0.235. The maximum atomic E-state index is 12.9. The maximum Gasteiger partial charge on any atom is 0.262 e. The lowest BCUT2D eigenvalue weighted by molar-refractivity contribution is -0.118. The molecule has 5 nitrogen and oxygen atoms in total. The van der Waals surface area contributed by atoms with Crippen molar-refractivity contribution in [2.45, 2.75) is 19.8 Å². The third kappa shape index (κ3) is 5.01. The summed E-state index contributed by atoms with van der Waals surface area (Å²) in [5, 5.41) is 7.48. The Morgan fingerprint density at radius 3 is 2.35 bits per heavy atom. The number of ether oxygens (including phenoxy) is 1. The third-order valence-electron chi connectivity index (χ3n) is 5.05. The van der Waals surface area contributed by atoms with Crippen molar-refractivity contribution in [3.63, 3.8) is 0 Å². The van der Waals surface area contributed by atoms with Crippen LogP contribution in [0.4, 0.5) is 11.4 Å². The second-order valence-corrected chi connectivity index (χ2v) is 7.45. The van der Waals surface area contributed by atoms with E-state index in [0.717, 1.165) is 40.2 Å². The van der Waals surface area contributed by atoms with Crippen molar-refractivity contribution < 1.29 is 14.3 Å². The summed E-state index contributed by atoms with van der Waals surface area (Å²) in [6, 6.07) is 20.5. The number of hydrogen-bond acceptors (Lipinski definition) is 3. The largest absolute Gasteiger partial charge is 0.483 e. The van der Waals surface area contributed by atoms with Crippen molar-refractivity contribution in [2.75, 3.05) is 17.2 Å². The van der Waals surface area contributed by atoms with Crippen molar-refractivity contribution in [3.8, 4) is 5.75 Å². The number of hydrogen-bond donors (Lipinski definition) is 2. The van der Waals surface area contributed by atoms with Gasteiger partial charge in [-0.15, -0.1) is 0 Å². The lowest BCUT2D eigenvalue weighted by Gasteiger charge is -2.13. The fourth-order valence-electron chi connectivity index (χ4n) is 3.61. The number of carbonyl (C=O) groups is 2. The first-order chi connectivity index (χ1) is 15.1. The summed E-state index contributed by atoms with van der Waals surface area (Å²) in [6.07, 6.45) is 5.83. The molecule has 4 rings (SSSR count). The van der Waals surface area contributed by atoms with Crippen LogP contribution < -0.4 is 25.8 Å². The van der Waals surface area contributed by atoms with Crippen molar-refractivity contribution in [3.05, 3.63) is 88.3 Å². The fourth-order valence-corrected chi connectivity index (χ4v) is 3.61. The summed E-state index contributed by atoms with van der Waals surface area (Å²) in [4.78, 5) is 25.2. The summed E-state index contributed by atoms with van der Waals surface area (Å²) in [5.74, 6) is 0.198. The number of carbonyl (C=O) groups excluding carboxylic acids is 2. The van der Waals surface area contributed by atoms with Crippen molar-refractivity contribution in [1.29, 1.82) is 0 Å². The zero-order valence-electron chi connectivity index (χ0n) is 17.4. The molecule has 1 aliphatic rings. The molecular formula is C26H24N2O3. The first-order valence-corrected chi connectivity index (χ1v) is 10.3. The van der Waals surface area contributed by atoms with Crippen LogP contribution in [0.5, 0.6) is 5.75 Å². The first kappa shape index (κ1) is 20.4. The smallest absolute Gasteiger partial charge is 0.262 e. The van der Waals surface area contributed by atoms with E-state index in [-0.39, 0.29) is 18.4 Å². The first-order valence-electron chi connectivity index (χ1n) is 10.3. The van der Waals surface area contributed by atoms with E-state index in [1.165, 1.54) is 0 Å². The van der Waals surface area contributed by atoms with Crippen LogP contribution in [0.1, 0.15) is 28.8 Å². The molecule has 2 amide bonds. The molecule has 0 aromatic heterocycles. The van der Waals surface area contributed by atoms with E-state index in [1.54, 1.807) is 12.1 Å². The van der Waals surface area contributed by atoms with E-state index >= 15 is 0 Å². The van der Waals surface area contributed by atoms with Gasteiger partial charge in [0, 0.05) is 22.2 Å². The Morgan fingerprint density at radius 1 is 0.839 bits per heavy atom. The Bertz CT molecular complexity index is 1230. The monoisotopic (exact) mass is 412 g/mol. The molecule has 0 bridgehead atoms. The topological polar surface area (TPSA) is 67.4 Å². The zero-order valence-corrected chi connectivity index (χ0v) is 17.4. The molecule has 0 spiro atoms. The zero-order chi connectivity index (χ0) is 21.6. The van der Waals surface area contributed by atoms with Crippen LogP contribution in [-0.2, 0) is 4.79 Å². The second kappa shape index (κ2) is 9.30. The fraction of sp³-hybridized carbons (Fsp3) is 0.154. The Balaban J connectivity index is 1.52. The molecule has 3 aromatic carbocycles. The predicted molar refractivity (Wildman–Crippen MR) is 124 cm³/mol. The Labute approximate surface area is 181 Å². The van der Waals surface area contributed by atoms with Gasteiger partial charge in [0.05, 0.1) is 0 Å². The van der Waals surface area contributed by atoms with E-state index in [1.807, 2.05) is 61.5 Å². The van der Waals surface area contributed by atoms with Crippen molar-refractivity contribution >= 4 is 35.3 Å². The highest BCUT2D eigenvalue weighted by Crippen LogP contribution is 2.13. The SMILES string of the molecule is Cc1cccc(NC(=O)c2ccc(OCC(=O)Nc3ccccc3)c3c2=CCCC=3)c1. The van der Waals surface area contributed by atoms with Gasteiger partial charge in [-0.05, 0) is 66.9 Å². The average molecular weight is 412 g/mol. The van der Waals surface area contributed by atoms with Crippen LogP contribution in [-0.4, -0.2) is 18.4 Å². The van der Waals surface area contributed by atoms with Gasteiger partial charge in [0.25, 0.3) is 11.8 Å². The van der Waals surface area contributed by atoms with E-state index in [4.69, 9.17) is 4.74 Å². The molecule has 156 valence electrons. The number of rotatable bonds is 6. The number of anilines is 2. The van der Waals surface area contributed by atoms with E-state index in [2.05, 4.69) is 22.8 Å². The van der Waals surface area contributed by atoms with Crippen LogP contribution in [0, 0.1) is 6.92 Å². The number of amides is 2. The molecule has 0 heterocycles. The predicted octanol–water partition coefficient (Wildman–Crippen LogP) is 3.62. The number of para-hydroxylation sites is 1. The Morgan fingerprint density at radius 2 is 1.58 bits per heavy atom. The molecule has 2 N–H and O–H groups in total. The molecule has 0 aliphatic heterocycles. The molecule has 3 aromatic rings. The highest BCUT2D eigenvalue weighted by Gasteiger charge is 2.14. The molecule has 0 saturated heterocycles. The van der Waals surface area contributed by atoms with Crippen LogP contribution in [0.3, 0.4) is 0 Å². The van der Waals surface area contributed by atoms with Crippen molar-refractivity contribution in [2.24, 2.45) is 0 Å². The van der Waals surface area contributed by atoms with Gasteiger partial charge in [0.1, 0.15) is 5.75 Å². The standard InChI is InChI=1S/C26H24N2O3/c1-18-8-7-11-20(16-18)28-26(30)23-14-15-24(22-13-6-5-12-21(22)23)31-17-25(29)27-19-9-3-2-4-10-19/h2-4,7-16H,5-6,17H2,1H3,(H,27,29)(H,28,30). The lowest BCUT2D eigenvalue weighted by atomic mass is 10.0.